The molecule has 20 heavy (non-hydrogen) atoms. The van der Waals surface area contributed by atoms with Gasteiger partial charge in [0.25, 0.3) is 0 Å². The quantitative estimate of drug-likeness (QED) is 0.711. The van der Waals surface area contributed by atoms with Crippen molar-refractivity contribution in [1.82, 2.24) is 10.2 Å². The Labute approximate surface area is 126 Å². The molecule has 1 unspecified atom stereocenters. The molecule has 0 bridgehead atoms. The zero-order chi connectivity index (χ0) is 14.1. The molecule has 3 aromatic rings. The van der Waals surface area contributed by atoms with Crippen molar-refractivity contribution in [2.75, 3.05) is 5.32 Å². The van der Waals surface area contributed by atoms with E-state index in [1.807, 2.05) is 30.3 Å². The van der Waals surface area contributed by atoms with Crippen molar-refractivity contribution in [2.45, 2.75) is 13.0 Å². The molecule has 0 spiro atoms. The van der Waals surface area contributed by atoms with Gasteiger partial charge < -0.3 is 5.32 Å². The summed E-state index contributed by atoms with van der Waals surface area (Å²) in [7, 11) is 0. The molecule has 1 heterocycles. The van der Waals surface area contributed by atoms with Crippen LogP contribution in [0.5, 0.6) is 0 Å². The second-order valence-electron chi connectivity index (χ2n) is 4.68. The first-order chi connectivity index (χ1) is 9.65. The molecule has 0 aliphatic rings. The third-order valence-electron chi connectivity index (χ3n) is 3.27. The van der Waals surface area contributed by atoms with Crippen LogP contribution in [-0.4, -0.2) is 10.2 Å². The molecule has 2 aromatic carbocycles. The molecule has 3 rings (SSSR count). The summed E-state index contributed by atoms with van der Waals surface area (Å²) in [6.07, 6.45) is 1.80. The highest BCUT2D eigenvalue weighted by Crippen LogP contribution is 2.31. The number of nitrogens with zero attached hydrogens (tertiary/aromatic N) is 1. The largest absolute Gasteiger partial charge is 0.378 e. The summed E-state index contributed by atoms with van der Waals surface area (Å²) < 4.78 is 0. The predicted octanol–water partition coefficient (Wildman–Crippen LogP) is 5.04. The smallest absolute Gasteiger partial charge is 0.0670 e. The van der Waals surface area contributed by atoms with Crippen molar-refractivity contribution in [1.29, 1.82) is 0 Å². The minimum Gasteiger partial charge on any atom is -0.378 e. The third kappa shape index (κ3) is 2.47. The van der Waals surface area contributed by atoms with Gasteiger partial charge in [-0.3, -0.25) is 5.10 Å². The van der Waals surface area contributed by atoms with Crippen LogP contribution in [-0.2, 0) is 0 Å². The Balaban J connectivity index is 1.87. The second kappa shape index (κ2) is 5.35. The van der Waals surface area contributed by atoms with E-state index in [1.165, 1.54) is 0 Å². The lowest BCUT2D eigenvalue weighted by Crippen LogP contribution is -2.07. The lowest BCUT2D eigenvalue weighted by atomic mass is 10.1. The van der Waals surface area contributed by atoms with E-state index in [0.717, 1.165) is 22.2 Å². The summed E-state index contributed by atoms with van der Waals surface area (Å²) in [5.74, 6) is 0. The Hall–Kier alpha value is -1.71. The fourth-order valence-corrected chi connectivity index (χ4v) is 2.68. The molecule has 0 amide bonds. The first-order valence-electron chi connectivity index (χ1n) is 6.29. The van der Waals surface area contributed by atoms with Crippen molar-refractivity contribution in [3.05, 3.63) is 58.2 Å². The van der Waals surface area contributed by atoms with Gasteiger partial charge in [0.15, 0.2) is 0 Å². The number of halogens is 2. The lowest BCUT2D eigenvalue weighted by Gasteiger charge is -2.17. The summed E-state index contributed by atoms with van der Waals surface area (Å²) in [6.45, 7) is 2.05. The van der Waals surface area contributed by atoms with Gasteiger partial charge in [-0.15, -0.1) is 0 Å². The molecule has 5 heteroatoms. The van der Waals surface area contributed by atoms with Crippen LogP contribution in [0.3, 0.4) is 0 Å². The van der Waals surface area contributed by atoms with Gasteiger partial charge in [0, 0.05) is 11.1 Å². The highest BCUT2D eigenvalue weighted by atomic mass is 35.5. The monoisotopic (exact) mass is 305 g/mol. The first kappa shape index (κ1) is 13.3. The fraction of sp³-hybridized carbons (Fsp3) is 0.133. The maximum Gasteiger partial charge on any atom is 0.0670 e. The first-order valence-corrected chi connectivity index (χ1v) is 7.04. The lowest BCUT2D eigenvalue weighted by molar-refractivity contribution is 0.885. The van der Waals surface area contributed by atoms with Crippen LogP contribution in [0.1, 0.15) is 18.5 Å². The summed E-state index contributed by atoms with van der Waals surface area (Å²) in [6, 6.07) is 11.8. The second-order valence-corrected chi connectivity index (χ2v) is 5.47. The number of rotatable bonds is 3. The van der Waals surface area contributed by atoms with E-state index in [2.05, 4.69) is 22.4 Å². The maximum atomic E-state index is 6.24. The van der Waals surface area contributed by atoms with Gasteiger partial charge >= 0.3 is 0 Å². The topological polar surface area (TPSA) is 40.7 Å². The normalized spacial score (nSPS) is 12.6. The average molecular weight is 306 g/mol. The van der Waals surface area contributed by atoms with Crippen LogP contribution in [0, 0.1) is 0 Å². The van der Waals surface area contributed by atoms with Gasteiger partial charge in [0.05, 0.1) is 27.8 Å². The van der Waals surface area contributed by atoms with E-state index in [4.69, 9.17) is 23.2 Å². The molecular weight excluding hydrogens is 293 g/mol. The van der Waals surface area contributed by atoms with Crippen molar-refractivity contribution < 1.29 is 0 Å². The van der Waals surface area contributed by atoms with E-state index in [9.17, 15) is 0 Å². The average Bonchev–Trinajstić information content (AvgIpc) is 2.89. The Kier molecular flexibility index (Phi) is 3.55. The molecule has 0 saturated carbocycles. The number of fused-ring (bicyclic) bond motifs is 1. The summed E-state index contributed by atoms with van der Waals surface area (Å²) in [4.78, 5) is 0. The van der Waals surface area contributed by atoms with Gasteiger partial charge in [-0.05, 0) is 36.8 Å². The molecule has 0 aliphatic heterocycles. The highest BCUT2D eigenvalue weighted by Gasteiger charge is 2.12. The molecule has 2 N–H and O–H groups in total. The number of hydrogen-bond donors (Lipinski definition) is 2. The molecule has 3 nitrogen and oxygen atoms in total. The van der Waals surface area contributed by atoms with Crippen LogP contribution in [0.25, 0.3) is 10.9 Å². The third-order valence-corrected chi connectivity index (χ3v) is 4.11. The van der Waals surface area contributed by atoms with E-state index in [-0.39, 0.29) is 6.04 Å². The summed E-state index contributed by atoms with van der Waals surface area (Å²) in [5.41, 5.74) is 2.98. The van der Waals surface area contributed by atoms with E-state index < -0.39 is 0 Å². The van der Waals surface area contributed by atoms with Crippen LogP contribution >= 0.6 is 23.2 Å². The number of benzene rings is 2. The van der Waals surface area contributed by atoms with E-state index in [0.29, 0.717) is 10.0 Å². The summed E-state index contributed by atoms with van der Waals surface area (Å²) in [5, 5.41) is 12.6. The van der Waals surface area contributed by atoms with Crippen LogP contribution in [0.15, 0.2) is 42.6 Å². The van der Waals surface area contributed by atoms with E-state index in [1.54, 1.807) is 12.3 Å². The Bertz CT molecular complexity index is 752. The molecule has 1 atom stereocenters. The molecule has 0 saturated heterocycles. The number of hydrogen-bond acceptors (Lipinski definition) is 2. The van der Waals surface area contributed by atoms with Crippen molar-refractivity contribution in [2.24, 2.45) is 0 Å². The molecule has 0 radical (unpaired) electrons. The zero-order valence-corrected chi connectivity index (χ0v) is 12.3. The van der Waals surface area contributed by atoms with Crippen LogP contribution in [0.4, 0.5) is 5.69 Å². The fourth-order valence-electron chi connectivity index (χ4n) is 2.21. The maximum absolute atomic E-state index is 6.24. The number of aromatic amines is 1. The zero-order valence-electron chi connectivity index (χ0n) is 10.8. The minimum atomic E-state index is 0.0570. The number of anilines is 1. The van der Waals surface area contributed by atoms with Crippen LogP contribution in [0.2, 0.25) is 10.0 Å². The Morgan fingerprint density at radius 1 is 1.20 bits per heavy atom. The highest BCUT2D eigenvalue weighted by molar-refractivity contribution is 6.42. The molecule has 0 fully saturated rings. The Morgan fingerprint density at radius 2 is 2.05 bits per heavy atom. The summed E-state index contributed by atoms with van der Waals surface area (Å²) >= 11 is 12.3. The van der Waals surface area contributed by atoms with Gasteiger partial charge in [0.2, 0.25) is 0 Å². The molecular formula is C15H13Cl2N3. The van der Waals surface area contributed by atoms with Gasteiger partial charge in [-0.1, -0.05) is 35.3 Å². The molecule has 0 aliphatic carbocycles. The SMILES string of the molecule is CC(Nc1ccc2cn[nH]c2c1)c1cccc(Cl)c1Cl. The van der Waals surface area contributed by atoms with E-state index >= 15 is 0 Å². The minimum absolute atomic E-state index is 0.0570. The van der Waals surface area contributed by atoms with Crippen molar-refractivity contribution in [3.63, 3.8) is 0 Å². The number of H-pyrrole nitrogens is 1. The number of nitrogens with one attached hydrogen (secondary N) is 2. The van der Waals surface area contributed by atoms with Crippen molar-refractivity contribution in [3.8, 4) is 0 Å². The van der Waals surface area contributed by atoms with Gasteiger partial charge in [0.1, 0.15) is 0 Å². The van der Waals surface area contributed by atoms with Crippen molar-refractivity contribution >= 4 is 39.8 Å². The predicted molar refractivity (Wildman–Crippen MR) is 84.6 cm³/mol. The standard InChI is InChI=1S/C15H13Cl2N3/c1-9(12-3-2-4-13(16)15(12)17)19-11-6-5-10-8-18-20-14(10)7-11/h2-9,19H,1H3,(H,18,20). The number of aromatic nitrogens is 2. The van der Waals surface area contributed by atoms with Gasteiger partial charge in [-0.2, -0.15) is 5.10 Å². The Morgan fingerprint density at radius 3 is 2.90 bits per heavy atom. The molecule has 102 valence electrons. The van der Waals surface area contributed by atoms with Crippen LogP contribution < -0.4 is 5.32 Å². The van der Waals surface area contributed by atoms with Gasteiger partial charge in [-0.25, -0.2) is 0 Å². The molecule has 1 aromatic heterocycles.